The Labute approximate surface area is 121 Å². The highest BCUT2D eigenvalue weighted by Gasteiger charge is 2.28. The van der Waals surface area contributed by atoms with Crippen molar-refractivity contribution < 1.29 is 0 Å². The fourth-order valence-electron chi connectivity index (χ4n) is 2.56. The van der Waals surface area contributed by atoms with Gasteiger partial charge in [-0.15, -0.1) is 6.58 Å². The molecule has 0 amide bonds. The van der Waals surface area contributed by atoms with E-state index in [1.807, 2.05) is 24.3 Å². The molecule has 0 aromatic heterocycles. The maximum atomic E-state index is 4.05. The molecule has 0 nitrogen and oxygen atoms in total. The lowest BCUT2D eigenvalue weighted by Gasteiger charge is -2.31. The van der Waals surface area contributed by atoms with Crippen LogP contribution in [0.15, 0.2) is 80.5 Å². The molecule has 0 spiro atoms. The van der Waals surface area contributed by atoms with E-state index in [4.69, 9.17) is 0 Å². The third-order valence-corrected chi connectivity index (χ3v) is 3.88. The molecule has 1 aliphatic carbocycles. The lowest BCUT2D eigenvalue weighted by Crippen LogP contribution is -2.23. The molecule has 0 bridgehead atoms. The van der Waals surface area contributed by atoms with Gasteiger partial charge in [0, 0.05) is 5.41 Å². The van der Waals surface area contributed by atoms with Crippen molar-refractivity contribution in [3.05, 3.63) is 97.2 Å². The van der Waals surface area contributed by atoms with Crippen LogP contribution in [0.4, 0.5) is 0 Å². The average Bonchev–Trinajstić information content (AvgIpc) is 2.54. The normalized spacial score (nSPS) is 20.9. The molecule has 2 rings (SSSR count). The molecule has 0 saturated carbocycles. The Morgan fingerprint density at radius 1 is 1.00 bits per heavy atom. The second kappa shape index (κ2) is 5.75. The largest absolute Gasteiger partial charge is 0.102 e. The molecule has 0 radical (unpaired) electrons. The van der Waals surface area contributed by atoms with E-state index < -0.39 is 0 Å². The molecular formula is C20H20. The summed E-state index contributed by atoms with van der Waals surface area (Å²) in [4.78, 5) is 0. The van der Waals surface area contributed by atoms with Gasteiger partial charge in [-0.1, -0.05) is 74.4 Å². The first-order valence-corrected chi connectivity index (χ1v) is 6.74. The lowest BCUT2D eigenvalue weighted by atomic mass is 9.72. The Morgan fingerprint density at radius 2 is 1.80 bits per heavy atom. The molecule has 100 valence electrons. The minimum Gasteiger partial charge on any atom is -0.102 e. The van der Waals surface area contributed by atoms with Crippen molar-refractivity contribution in [3.63, 3.8) is 0 Å². The Kier molecular flexibility index (Phi) is 4.05. The third-order valence-electron chi connectivity index (χ3n) is 3.88. The van der Waals surface area contributed by atoms with Crippen molar-refractivity contribution in [1.29, 1.82) is 0 Å². The molecule has 1 aromatic rings. The minimum atomic E-state index is -0.185. The zero-order valence-electron chi connectivity index (χ0n) is 11.8. The molecule has 0 heteroatoms. The van der Waals surface area contributed by atoms with Crippen LogP contribution in [0.1, 0.15) is 23.1 Å². The van der Waals surface area contributed by atoms with E-state index in [0.29, 0.717) is 0 Å². The van der Waals surface area contributed by atoms with Crippen molar-refractivity contribution >= 4 is 12.2 Å². The second-order valence-corrected chi connectivity index (χ2v) is 4.95. The molecule has 1 aromatic carbocycles. The van der Waals surface area contributed by atoms with E-state index in [0.717, 1.165) is 23.1 Å². The summed E-state index contributed by atoms with van der Waals surface area (Å²) in [5.41, 5.74) is 4.43. The summed E-state index contributed by atoms with van der Waals surface area (Å²) >= 11 is 0. The highest BCUT2D eigenvalue weighted by molar-refractivity contribution is 5.63. The molecule has 0 fully saturated rings. The van der Waals surface area contributed by atoms with Crippen LogP contribution in [0.5, 0.6) is 0 Å². The van der Waals surface area contributed by atoms with E-state index in [1.54, 1.807) is 0 Å². The standard InChI is InChI=1S/C20H20/c1-5-16-11-13-20(8-4,14-12-16)19-15-17(6-2)9-10-18(19)7-3/h5-13,15H,1-4,14H2. The van der Waals surface area contributed by atoms with Crippen LogP contribution in [-0.4, -0.2) is 0 Å². The van der Waals surface area contributed by atoms with Crippen LogP contribution in [-0.2, 0) is 5.41 Å². The van der Waals surface area contributed by atoms with Gasteiger partial charge in [-0.2, -0.15) is 0 Å². The van der Waals surface area contributed by atoms with Crippen molar-refractivity contribution in [2.24, 2.45) is 0 Å². The van der Waals surface area contributed by atoms with E-state index >= 15 is 0 Å². The van der Waals surface area contributed by atoms with Crippen molar-refractivity contribution in [2.75, 3.05) is 0 Å². The predicted octanol–water partition coefficient (Wildman–Crippen LogP) is 5.47. The van der Waals surface area contributed by atoms with Crippen LogP contribution < -0.4 is 0 Å². The van der Waals surface area contributed by atoms with Gasteiger partial charge in [0.1, 0.15) is 0 Å². The SMILES string of the molecule is C=CC1=CCC(C=C)(c2cc(C=C)ccc2C=C)C=C1. The fourth-order valence-corrected chi connectivity index (χ4v) is 2.56. The zero-order valence-corrected chi connectivity index (χ0v) is 11.8. The summed E-state index contributed by atoms with van der Waals surface area (Å²) in [5, 5.41) is 0. The average molecular weight is 260 g/mol. The van der Waals surface area contributed by atoms with E-state index in [-0.39, 0.29) is 5.41 Å². The molecule has 1 atom stereocenters. The summed E-state index contributed by atoms with van der Waals surface area (Å²) in [7, 11) is 0. The van der Waals surface area contributed by atoms with E-state index in [1.165, 1.54) is 5.56 Å². The van der Waals surface area contributed by atoms with Crippen LogP contribution in [0, 0.1) is 0 Å². The first kappa shape index (κ1) is 14.1. The molecule has 20 heavy (non-hydrogen) atoms. The number of hydrogen-bond acceptors (Lipinski definition) is 0. The fraction of sp³-hybridized carbons (Fsp3) is 0.100. The maximum absolute atomic E-state index is 4.05. The van der Waals surface area contributed by atoms with Gasteiger partial charge in [0.05, 0.1) is 0 Å². The number of benzene rings is 1. The van der Waals surface area contributed by atoms with Crippen LogP contribution in [0.25, 0.3) is 12.2 Å². The minimum absolute atomic E-state index is 0.185. The van der Waals surface area contributed by atoms with Gasteiger partial charge in [-0.3, -0.25) is 0 Å². The van der Waals surface area contributed by atoms with Crippen molar-refractivity contribution in [3.8, 4) is 0 Å². The Hall–Kier alpha value is -2.34. The van der Waals surface area contributed by atoms with E-state index in [2.05, 4.69) is 62.7 Å². The van der Waals surface area contributed by atoms with Crippen molar-refractivity contribution in [2.45, 2.75) is 11.8 Å². The van der Waals surface area contributed by atoms with Gasteiger partial charge < -0.3 is 0 Å². The summed E-state index contributed by atoms with van der Waals surface area (Å²) in [6.45, 7) is 15.6. The molecule has 1 unspecified atom stereocenters. The Morgan fingerprint density at radius 3 is 2.30 bits per heavy atom. The molecule has 0 aliphatic heterocycles. The molecule has 0 saturated heterocycles. The summed E-state index contributed by atoms with van der Waals surface area (Å²) in [6, 6.07) is 6.32. The smallest absolute Gasteiger partial charge is 0.0353 e. The quantitative estimate of drug-likeness (QED) is 0.616. The van der Waals surface area contributed by atoms with Gasteiger partial charge in [0.2, 0.25) is 0 Å². The highest BCUT2D eigenvalue weighted by Crippen LogP contribution is 2.38. The highest BCUT2D eigenvalue weighted by atomic mass is 14.3. The molecule has 1 aliphatic rings. The first-order valence-electron chi connectivity index (χ1n) is 6.74. The van der Waals surface area contributed by atoms with Gasteiger partial charge in [0.25, 0.3) is 0 Å². The van der Waals surface area contributed by atoms with Crippen LogP contribution in [0.2, 0.25) is 0 Å². The van der Waals surface area contributed by atoms with Gasteiger partial charge in [-0.25, -0.2) is 0 Å². The summed E-state index contributed by atoms with van der Waals surface area (Å²) in [5.74, 6) is 0. The van der Waals surface area contributed by atoms with Gasteiger partial charge in [-0.05, 0) is 34.8 Å². The van der Waals surface area contributed by atoms with Gasteiger partial charge >= 0.3 is 0 Å². The molecular weight excluding hydrogens is 240 g/mol. The number of hydrogen-bond donors (Lipinski definition) is 0. The third kappa shape index (κ3) is 2.37. The zero-order chi connectivity index (χ0) is 14.6. The monoisotopic (exact) mass is 260 g/mol. The number of allylic oxidation sites excluding steroid dienone is 6. The van der Waals surface area contributed by atoms with E-state index in [9.17, 15) is 0 Å². The van der Waals surface area contributed by atoms with Gasteiger partial charge in [0.15, 0.2) is 0 Å². The van der Waals surface area contributed by atoms with Crippen molar-refractivity contribution in [1.82, 2.24) is 0 Å². The topological polar surface area (TPSA) is 0 Å². The second-order valence-electron chi connectivity index (χ2n) is 4.95. The van der Waals surface area contributed by atoms with Crippen LogP contribution in [0.3, 0.4) is 0 Å². The summed E-state index contributed by atoms with van der Waals surface area (Å²) < 4.78 is 0. The first-order chi connectivity index (χ1) is 9.69. The lowest BCUT2D eigenvalue weighted by molar-refractivity contribution is 0.672. The molecule has 0 heterocycles. The molecule has 0 N–H and O–H groups in total. The summed E-state index contributed by atoms with van der Waals surface area (Å²) in [6.07, 6.45) is 15.0. The maximum Gasteiger partial charge on any atom is 0.0353 e. The predicted molar refractivity (Wildman–Crippen MR) is 90.5 cm³/mol. The number of rotatable bonds is 5. The van der Waals surface area contributed by atoms with Crippen LogP contribution >= 0.6 is 0 Å². The Bertz CT molecular complexity index is 625. The Balaban J connectivity index is 2.58.